The van der Waals surface area contributed by atoms with E-state index in [2.05, 4.69) is 0 Å². The Bertz CT molecular complexity index is 1010. The van der Waals surface area contributed by atoms with Crippen molar-refractivity contribution in [3.8, 4) is 11.5 Å². The number of cyclic esters (lactones) is 1. The number of benzene rings is 2. The van der Waals surface area contributed by atoms with Crippen LogP contribution in [0.3, 0.4) is 0 Å². The molecule has 31 heavy (non-hydrogen) atoms. The zero-order chi connectivity index (χ0) is 22.0. The molecule has 2 aromatic rings. The number of hydrogen-bond acceptors (Lipinski definition) is 7. The van der Waals surface area contributed by atoms with E-state index < -0.39 is 23.5 Å². The first-order valence-corrected chi connectivity index (χ1v) is 10.0. The quantitative estimate of drug-likeness (QED) is 0.520. The third-order valence-corrected chi connectivity index (χ3v) is 5.75. The summed E-state index contributed by atoms with van der Waals surface area (Å²) in [5, 5.41) is 0. The van der Waals surface area contributed by atoms with Gasteiger partial charge in [-0.1, -0.05) is 24.3 Å². The molecule has 0 N–H and O–H groups in total. The van der Waals surface area contributed by atoms with Crippen molar-refractivity contribution < 1.29 is 33.3 Å². The first-order valence-electron chi connectivity index (χ1n) is 10.0. The molecule has 2 atom stereocenters. The van der Waals surface area contributed by atoms with Crippen molar-refractivity contribution in [1.82, 2.24) is 0 Å². The molecule has 2 aliphatic rings. The summed E-state index contributed by atoms with van der Waals surface area (Å²) in [5.41, 5.74) is 1.12. The number of rotatable bonds is 6. The molecule has 2 aromatic carbocycles. The molecule has 0 amide bonds. The molecule has 4 rings (SSSR count). The van der Waals surface area contributed by atoms with Crippen LogP contribution in [0.2, 0.25) is 0 Å². The largest absolute Gasteiger partial charge is 0.497 e. The van der Waals surface area contributed by atoms with Gasteiger partial charge in [0, 0.05) is 0 Å². The van der Waals surface area contributed by atoms with Crippen LogP contribution in [0.25, 0.3) is 5.57 Å². The molecule has 1 fully saturated rings. The number of esters is 2. The molecule has 2 aliphatic heterocycles. The van der Waals surface area contributed by atoms with E-state index in [1.807, 2.05) is 24.3 Å². The van der Waals surface area contributed by atoms with Gasteiger partial charge in [-0.25, -0.2) is 0 Å². The van der Waals surface area contributed by atoms with Gasteiger partial charge in [0.15, 0.2) is 0 Å². The number of carbonyl (C=O) groups excluding carboxylic acids is 2. The second-order valence-corrected chi connectivity index (χ2v) is 7.25. The summed E-state index contributed by atoms with van der Waals surface area (Å²) < 4.78 is 27.5. The minimum absolute atomic E-state index is 0.0559. The Morgan fingerprint density at radius 3 is 2.19 bits per heavy atom. The Labute approximate surface area is 180 Å². The molecule has 7 nitrogen and oxygen atoms in total. The molecule has 1 saturated heterocycles. The van der Waals surface area contributed by atoms with Gasteiger partial charge in [0.25, 0.3) is 0 Å². The molecule has 0 saturated carbocycles. The molecule has 0 bridgehead atoms. The summed E-state index contributed by atoms with van der Waals surface area (Å²) in [5.74, 6) is 0.0426. The van der Waals surface area contributed by atoms with Crippen molar-refractivity contribution in [1.29, 1.82) is 0 Å². The normalized spacial score (nSPS) is 22.5. The predicted molar refractivity (Wildman–Crippen MR) is 112 cm³/mol. The van der Waals surface area contributed by atoms with Gasteiger partial charge in [-0.05, 0) is 53.5 Å². The van der Waals surface area contributed by atoms with Crippen LogP contribution in [0.5, 0.6) is 11.5 Å². The van der Waals surface area contributed by atoms with E-state index in [1.165, 1.54) is 0 Å². The second-order valence-electron chi connectivity index (χ2n) is 7.25. The van der Waals surface area contributed by atoms with Gasteiger partial charge in [0.05, 0.1) is 27.4 Å². The molecule has 0 spiro atoms. The molecule has 2 unspecified atom stereocenters. The SMILES string of the molecule is CCOC(=O)C12C(=O)OCC(c3ccc(OC)cc3)=C1COC2c1ccc(OC)cc1. The molecule has 2 heterocycles. The zero-order valence-corrected chi connectivity index (χ0v) is 17.7. The lowest BCUT2D eigenvalue weighted by Crippen LogP contribution is -2.48. The van der Waals surface area contributed by atoms with Crippen LogP contribution in [-0.4, -0.2) is 46.0 Å². The Balaban J connectivity index is 1.88. The fraction of sp³-hybridized carbons (Fsp3) is 0.333. The van der Waals surface area contributed by atoms with Crippen molar-refractivity contribution in [2.45, 2.75) is 13.0 Å². The average Bonchev–Trinajstić information content (AvgIpc) is 3.22. The second kappa shape index (κ2) is 8.43. The highest BCUT2D eigenvalue weighted by Crippen LogP contribution is 2.54. The van der Waals surface area contributed by atoms with Gasteiger partial charge in [0.2, 0.25) is 5.41 Å². The van der Waals surface area contributed by atoms with Gasteiger partial charge in [-0.3, -0.25) is 9.59 Å². The first kappa shape index (κ1) is 20.9. The molecular weight excluding hydrogens is 400 g/mol. The van der Waals surface area contributed by atoms with E-state index in [9.17, 15) is 9.59 Å². The number of ether oxygens (including phenoxy) is 5. The van der Waals surface area contributed by atoms with E-state index in [0.717, 1.165) is 11.1 Å². The highest BCUT2D eigenvalue weighted by molar-refractivity contribution is 6.08. The van der Waals surface area contributed by atoms with Crippen molar-refractivity contribution in [3.63, 3.8) is 0 Å². The average molecular weight is 424 g/mol. The van der Waals surface area contributed by atoms with Crippen LogP contribution in [-0.2, 0) is 23.8 Å². The number of methoxy groups -OCH3 is 2. The fourth-order valence-electron chi connectivity index (χ4n) is 4.19. The summed E-state index contributed by atoms with van der Waals surface area (Å²) in [6.45, 7) is 2.01. The lowest BCUT2D eigenvalue weighted by molar-refractivity contribution is -0.174. The minimum atomic E-state index is -1.70. The van der Waals surface area contributed by atoms with Crippen molar-refractivity contribution >= 4 is 17.5 Å². The smallest absolute Gasteiger partial charge is 0.331 e. The van der Waals surface area contributed by atoms with Crippen LogP contribution >= 0.6 is 0 Å². The maximum atomic E-state index is 13.3. The summed E-state index contributed by atoms with van der Waals surface area (Å²) in [6, 6.07) is 14.5. The maximum absolute atomic E-state index is 13.3. The van der Waals surface area contributed by atoms with E-state index in [1.54, 1.807) is 45.4 Å². The van der Waals surface area contributed by atoms with Gasteiger partial charge < -0.3 is 23.7 Å². The third kappa shape index (κ3) is 3.35. The van der Waals surface area contributed by atoms with Gasteiger partial charge in [0.1, 0.15) is 24.2 Å². The zero-order valence-electron chi connectivity index (χ0n) is 17.7. The Kier molecular flexibility index (Phi) is 5.69. The summed E-state index contributed by atoms with van der Waals surface area (Å²) in [4.78, 5) is 26.5. The highest BCUT2D eigenvalue weighted by atomic mass is 16.6. The highest BCUT2D eigenvalue weighted by Gasteiger charge is 2.65. The fourth-order valence-corrected chi connectivity index (χ4v) is 4.19. The maximum Gasteiger partial charge on any atom is 0.331 e. The summed E-state index contributed by atoms with van der Waals surface area (Å²) >= 11 is 0. The van der Waals surface area contributed by atoms with Crippen molar-refractivity contribution in [2.24, 2.45) is 5.41 Å². The first-order chi connectivity index (χ1) is 15.1. The molecule has 0 radical (unpaired) electrons. The standard InChI is InChI=1S/C24H24O7/c1-4-29-22(25)24-20(14-30-21(24)16-7-11-18(28-3)12-8-16)19(13-31-23(24)26)15-5-9-17(27-2)10-6-15/h5-12,21H,4,13-14H2,1-3H3. The Hall–Kier alpha value is -3.32. The van der Waals surface area contributed by atoms with E-state index >= 15 is 0 Å². The molecule has 0 aliphatic carbocycles. The number of carbonyl (C=O) groups is 2. The van der Waals surface area contributed by atoms with Gasteiger partial charge >= 0.3 is 11.9 Å². The summed E-state index contributed by atoms with van der Waals surface area (Å²) in [7, 11) is 3.16. The molecule has 162 valence electrons. The lowest BCUT2D eigenvalue weighted by Gasteiger charge is -2.35. The topological polar surface area (TPSA) is 80.3 Å². The monoisotopic (exact) mass is 424 g/mol. The van der Waals surface area contributed by atoms with Crippen LogP contribution in [0.1, 0.15) is 24.2 Å². The Morgan fingerprint density at radius 2 is 1.61 bits per heavy atom. The third-order valence-electron chi connectivity index (χ3n) is 5.75. The van der Waals surface area contributed by atoms with Crippen molar-refractivity contribution in [3.05, 3.63) is 65.2 Å². The van der Waals surface area contributed by atoms with Crippen LogP contribution in [0.4, 0.5) is 0 Å². The van der Waals surface area contributed by atoms with Crippen molar-refractivity contribution in [2.75, 3.05) is 34.0 Å². The van der Waals surface area contributed by atoms with Crippen LogP contribution in [0.15, 0.2) is 54.1 Å². The lowest BCUT2D eigenvalue weighted by atomic mass is 9.71. The van der Waals surface area contributed by atoms with Crippen LogP contribution < -0.4 is 9.47 Å². The minimum Gasteiger partial charge on any atom is -0.497 e. The number of fused-ring (bicyclic) bond motifs is 1. The van der Waals surface area contributed by atoms with E-state index in [-0.39, 0.29) is 19.8 Å². The van der Waals surface area contributed by atoms with E-state index in [4.69, 9.17) is 23.7 Å². The molecular formula is C24H24O7. The van der Waals surface area contributed by atoms with E-state index in [0.29, 0.717) is 22.6 Å². The van der Waals surface area contributed by atoms with Gasteiger partial charge in [-0.15, -0.1) is 0 Å². The van der Waals surface area contributed by atoms with Crippen LogP contribution in [0, 0.1) is 5.41 Å². The number of hydrogen-bond donors (Lipinski definition) is 0. The molecule has 7 heteroatoms. The van der Waals surface area contributed by atoms with Gasteiger partial charge in [-0.2, -0.15) is 0 Å². The Morgan fingerprint density at radius 1 is 1.00 bits per heavy atom. The predicted octanol–water partition coefficient (Wildman–Crippen LogP) is 3.34. The summed E-state index contributed by atoms with van der Waals surface area (Å²) in [6.07, 6.45) is -0.867. The molecule has 0 aromatic heterocycles.